The number of benzene rings is 2. The van der Waals surface area contributed by atoms with E-state index in [1.807, 2.05) is 45.0 Å². The van der Waals surface area contributed by atoms with Crippen LogP contribution < -0.4 is 9.64 Å². The van der Waals surface area contributed by atoms with E-state index in [0.29, 0.717) is 44.5 Å². The van der Waals surface area contributed by atoms with Crippen LogP contribution in [0.5, 0.6) is 5.75 Å². The van der Waals surface area contributed by atoms with Gasteiger partial charge in [0, 0.05) is 37.3 Å². The molecule has 2 aliphatic rings. The minimum absolute atomic E-state index is 0.0544. The molecule has 0 aromatic heterocycles. The van der Waals surface area contributed by atoms with Gasteiger partial charge < -0.3 is 19.3 Å². The van der Waals surface area contributed by atoms with Crippen molar-refractivity contribution in [1.29, 1.82) is 0 Å². The highest BCUT2D eigenvalue weighted by Crippen LogP contribution is 2.44. The van der Waals surface area contributed by atoms with Crippen LogP contribution in [0, 0.1) is 5.82 Å². The molecule has 1 fully saturated rings. The summed E-state index contributed by atoms with van der Waals surface area (Å²) in [4.78, 5) is 29.6. The third kappa shape index (κ3) is 4.82. The fourth-order valence-corrected chi connectivity index (χ4v) is 4.76. The molecule has 0 atom stereocenters. The van der Waals surface area contributed by atoms with E-state index in [1.165, 1.54) is 12.1 Å². The number of ketones is 1. The van der Waals surface area contributed by atoms with Crippen molar-refractivity contribution in [3.8, 4) is 5.75 Å². The lowest BCUT2D eigenvalue weighted by Crippen LogP contribution is -2.59. The average molecular weight is 455 g/mol. The number of carbonyl (C=O) groups is 2. The summed E-state index contributed by atoms with van der Waals surface area (Å²) < 4.78 is 24.8. The zero-order chi connectivity index (χ0) is 23.8. The molecule has 2 aliphatic heterocycles. The fourth-order valence-electron chi connectivity index (χ4n) is 4.76. The molecule has 2 aromatic carbocycles. The molecule has 1 saturated heterocycles. The van der Waals surface area contributed by atoms with Gasteiger partial charge in [-0.3, -0.25) is 4.79 Å². The number of rotatable bonds is 3. The summed E-state index contributed by atoms with van der Waals surface area (Å²) in [6.07, 6.45) is 1.22. The molecule has 2 aromatic rings. The molecule has 0 bridgehead atoms. The molecular formula is C26H31FN2O4. The zero-order valence-electron chi connectivity index (χ0n) is 19.7. The van der Waals surface area contributed by atoms with Crippen molar-refractivity contribution < 1.29 is 23.5 Å². The van der Waals surface area contributed by atoms with Crippen LogP contribution in [0.15, 0.2) is 42.5 Å². The lowest BCUT2D eigenvalue weighted by Gasteiger charge is -2.52. The third-order valence-electron chi connectivity index (χ3n) is 6.46. The molecule has 1 spiro atoms. The van der Waals surface area contributed by atoms with E-state index in [0.717, 1.165) is 17.0 Å². The van der Waals surface area contributed by atoms with Gasteiger partial charge in [0.15, 0.2) is 5.78 Å². The quantitative estimate of drug-likeness (QED) is 0.638. The second-order valence-electron chi connectivity index (χ2n) is 9.89. The summed E-state index contributed by atoms with van der Waals surface area (Å²) in [5.41, 5.74) is 1.23. The second-order valence-corrected chi connectivity index (χ2v) is 9.89. The first kappa shape index (κ1) is 23.1. The van der Waals surface area contributed by atoms with Gasteiger partial charge in [-0.15, -0.1) is 0 Å². The molecule has 2 heterocycles. The molecule has 33 heavy (non-hydrogen) atoms. The average Bonchev–Trinajstić information content (AvgIpc) is 2.76. The molecule has 0 radical (unpaired) electrons. The predicted octanol–water partition coefficient (Wildman–Crippen LogP) is 5.20. The number of ether oxygens (including phenoxy) is 2. The van der Waals surface area contributed by atoms with Crippen LogP contribution in [0.4, 0.5) is 14.9 Å². The highest BCUT2D eigenvalue weighted by atomic mass is 19.1. The number of halogens is 1. The summed E-state index contributed by atoms with van der Waals surface area (Å²) in [6, 6.07) is 12.3. The molecule has 0 unspecified atom stereocenters. The van der Waals surface area contributed by atoms with Crippen LogP contribution in [0.3, 0.4) is 0 Å². The van der Waals surface area contributed by atoms with E-state index in [9.17, 15) is 14.0 Å². The highest BCUT2D eigenvalue weighted by Gasteiger charge is 2.47. The van der Waals surface area contributed by atoms with Gasteiger partial charge in [0.2, 0.25) is 0 Å². The first-order valence-corrected chi connectivity index (χ1v) is 11.3. The summed E-state index contributed by atoms with van der Waals surface area (Å²) >= 11 is 0. The van der Waals surface area contributed by atoms with Gasteiger partial charge in [-0.25, -0.2) is 9.18 Å². The van der Waals surface area contributed by atoms with E-state index in [2.05, 4.69) is 4.90 Å². The Balaban J connectivity index is 1.63. The molecule has 6 nitrogen and oxygen atoms in total. The normalized spacial score (nSPS) is 17.7. The predicted molar refractivity (Wildman–Crippen MR) is 124 cm³/mol. The number of Topliss-reactive ketones (excluding diaryl/α,β-unsaturated/α-hetero) is 1. The van der Waals surface area contributed by atoms with E-state index < -0.39 is 17.0 Å². The van der Waals surface area contributed by atoms with Crippen LogP contribution in [-0.4, -0.2) is 48.1 Å². The first-order chi connectivity index (χ1) is 15.6. The minimum atomic E-state index is -0.559. The van der Waals surface area contributed by atoms with Crippen molar-refractivity contribution in [2.24, 2.45) is 0 Å². The van der Waals surface area contributed by atoms with Crippen LogP contribution in [0.1, 0.15) is 56.0 Å². The zero-order valence-corrected chi connectivity index (χ0v) is 19.7. The Kier molecular flexibility index (Phi) is 6.08. The Hall–Kier alpha value is -3.09. The highest BCUT2D eigenvalue weighted by molar-refractivity contribution is 6.04. The largest absolute Gasteiger partial charge is 0.497 e. The fraction of sp³-hybridized carbons (Fsp3) is 0.462. The maximum atomic E-state index is 14.0. The number of methoxy groups -OCH3 is 1. The van der Waals surface area contributed by atoms with Gasteiger partial charge in [-0.1, -0.05) is 12.1 Å². The molecule has 0 saturated carbocycles. The number of nitrogens with zero attached hydrogens (tertiary/aromatic N) is 2. The summed E-state index contributed by atoms with van der Waals surface area (Å²) in [6.45, 7) is 7.12. The summed E-state index contributed by atoms with van der Waals surface area (Å²) in [5.74, 6) is 0.304. The Labute approximate surface area is 194 Å². The van der Waals surface area contributed by atoms with Gasteiger partial charge >= 0.3 is 6.09 Å². The number of anilines is 1. The van der Waals surface area contributed by atoms with Crippen LogP contribution in [0.2, 0.25) is 0 Å². The Morgan fingerprint density at radius 1 is 1.09 bits per heavy atom. The number of fused-ring (bicyclic) bond motifs is 1. The van der Waals surface area contributed by atoms with Crippen LogP contribution >= 0.6 is 0 Å². The van der Waals surface area contributed by atoms with E-state index in [-0.39, 0.29) is 11.9 Å². The number of hydrogen-bond acceptors (Lipinski definition) is 5. The molecule has 7 heteroatoms. The standard InChI is InChI=1S/C26H31FN2O4/c1-25(2,3)33-24(31)28-13-11-26(12-14-28)16-23(30)21-15-19(27)7-10-22(21)29(26)17-18-5-8-20(32-4)9-6-18/h5-10,15H,11-14,16-17H2,1-4H3. The van der Waals surface area contributed by atoms with Crippen molar-refractivity contribution >= 4 is 17.6 Å². The maximum Gasteiger partial charge on any atom is 0.410 e. The van der Waals surface area contributed by atoms with E-state index in [4.69, 9.17) is 9.47 Å². The van der Waals surface area contributed by atoms with Gasteiger partial charge in [-0.05, 0) is 69.5 Å². The van der Waals surface area contributed by atoms with Crippen LogP contribution in [0.25, 0.3) is 0 Å². The van der Waals surface area contributed by atoms with Gasteiger partial charge in [-0.2, -0.15) is 0 Å². The van der Waals surface area contributed by atoms with Crippen molar-refractivity contribution in [2.45, 2.75) is 57.7 Å². The molecule has 0 N–H and O–H groups in total. The van der Waals surface area contributed by atoms with E-state index >= 15 is 0 Å². The topological polar surface area (TPSA) is 59.1 Å². The molecular weight excluding hydrogens is 423 g/mol. The number of piperidine rings is 1. The van der Waals surface area contributed by atoms with Crippen molar-refractivity contribution in [3.63, 3.8) is 0 Å². The Bertz CT molecular complexity index is 1040. The summed E-state index contributed by atoms with van der Waals surface area (Å²) in [5, 5.41) is 0. The van der Waals surface area contributed by atoms with Crippen molar-refractivity contribution in [1.82, 2.24) is 4.90 Å². The third-order valence-corrected chi connectivity index (χ3v) is 6.46. The maximum absolute atomic E-state index is 14.0. The van der Waals surface area contributed by atoms with Gasteiger partial charge in [0.25, 0.3) is 0 Å². The van der Waals surface area contributed by atoms with Crippen LogP contribution in [-0.2, 0) is 11.3 Å². The van der Waals surface area contributed by atoms with Gasteiger partial charge in [0.1, 0.15) is 17.2 Å². The van der Waals surface area contributed by atoms with Gasteiger partial charge in [0.05, 0.1) is 12.6 Å². The molecule has 176 valence electrons. The first-order valence-electron chi connectivity index (χ1n) is 11.3. The number of likely N-dealkylation sites (tertiary alicyclic amines) is 1. The minimum Gasteiger partial charge on any atom is -0.497 e. The number of hydrogen-bond donors (Lipinski definition) is 0. The molecule has 0 aliphatic carbocycles. The number of amides is 1. The lowest BCUT2D eigenvalue weighted by atomic mass is 9.76. The Morgan fingerprint density at radius 3 is 2.36 bits per heavy atom. The lowest BCUT2D eigenvalue weighted by molar-refractivity contribution is 0.0158. The van der Waals surface area contributed by atoms with Crippen molar-refractivity contribution in [3.05, 3.63) is 59.4 Å². The summed E-state index contributed by atoms with van der Waals surface area (Å²) in [7, 11) is 1.63. The monoisotopic (exact) mass is 454 g/mol. The van der Waals surface area contributed by atoms with Crippen molar-refractivity contribution in [2.75, 3.05) is 25.1 Å². The smallest absolute Gasteiger partial charge is 0.410 e. The SMILES string of the molecule is COc1ccc(CN2c3ccc(F)cc3C(=O)CC23CCN(C(=O)OC(C)(C)C)CC3)cc1. The molecule has 4 rings (SSSR count). The second kappa shape index (κ2) is 8.69. The van der Waals surface area contributed by atoms with E-state index in [1.54, 1.807) is 18.1 Å². The Morgan fingerprint density at radius 2 is 1.76 bits per heavy atom. The number of carbonyl (C=O) groups excluding carboxylic acids is 2. The molecule has 1 amide bonds.